The highest BCUT2D eigenvalue weighted by Gasteiger charge is 2.42. The predicted octanol–water partition coefficient (Wildman–Crippen LogP) is 6.13. The first-order valence-corrected chi connectivity index (χ1v) is 13.8. The number of alkyl halides is 3. The number of cyclic esters (lactones) is 1. The summed E-state index contributed by atoms with van der Waals surface area (Å²) in [5.41, 5.74) is 0.831. The highest BCUT2D eigenvalue weighted by molar-refractivity contribution is 5.77. The van der Waals surface area contributed by atoms with Crippen molar-refractivity contribution < 1.29 is 37.0 Å². The van der Waals surface area contributed by atoms with Crippen molar-refractivity contribution in [3.8, 4) is 0 Å². The Bertz CT molecular complexity index is 1270. The van der Waals surface area contributed by atoms with E-state index in [0.717, 1.165) is 17.7 Å². The maximum Gasteiger partial charge on any atom is 0.416 e. The molecule has 0 bridgehead atoms. The molecular weight excluding hydrogens is 539 g/mol. The van der Waals surface area contributed by atoms with Gasteiger partial charge in [-0.05, 0) is 83.7 Å². The number of halogens is 3. The fourth-order valence-corrected chi connectivity index (χ4v) is 5.37. The molecule has 0 aliphatic carbocycles. The molecule has 0 spiro atoms. The molecule has 3 heterocycles. The number of aromatic nitrogens is 1. The number of nitrogens with zero attached hydrogens (tertiary/aromatic N) is 3. The number of esters is 1. The smallest absolute Gasteiger partial charge is 0.416 e. The van der Waals surface area contributed by atoms with Gasteiger partial charge in [0, 0.05) is 31.0 Å². The van der Waals surface area contributed by atoms with Gasteiger partial charge in [0.15, 0.2) is 0 Å². The number of ether oxygens (including phenoxy) is 3. The van der Waals surface area contributed by atoms with Crippen LogP contribution in [-0.2, 0) is 31.7 Å². The average molecular weight is 578 g/mol. The Morgan fingerprint density at radius 1 is 1.10 bits per heavy atom. The van der Waals surface area contributed by atoms with Crippen molar-refractivity contribution in [2.75, 3.05) is 24.7 Å². The molecule has 2 aromatic rings. The standard InChI is InChI=1S/C30H38F3N3O5/c1-18-11-21(14-23(13-18)30(31,32)33)26-20(3)35(28(38)40-26)16-22-12-19(2)15-34-27(22)36(24-7-9-39-10-8-24)17-25(37)41-29(4,5)6/h11-15,20,24,26H,7-10,16-17H2,1-6H3/t20-,26-/m0/s1. The van der Waals surface area contributed by atoms with Gasteiger partial charge in [-0.25, -0.2) is 9.78 Å². The lowest BCUT2D eigenvalue weighted by Gasteiger charge is -2.36. The summed E-state index contributed by atoms with van der Waals surface area (Å²) in [5.74, 6) is 0.151. The first-order chi connectivity index (χ1) is 19.1. The Morgan fingerprint density at radius 3 is 2.41 bits per heavy atom. The van der Waals surface area contributed by atoms with Crippen molar-refractivity contribution in [3.05, 3.63) is 58.3 Å². The van der Waals surface area contributed by atoms with Crippen LogP contribution >= 0.6 is 0 Å². The lowest BCUT2D eigenvalue weighted by atomic mass is 9.98. The minimum Gasteiger partial charge on any atom is -0.459 e. The van der Waals surface area contributed by atoms with Crippen molar-refractivity contribution in [3.63, 3.8) is 0 Å². The molecule has 1 amide bonds. The Hall–Kier alpha value is -3.34. The van der Waals surface area contributed by atoms with Crippen LogP contribution in [0.1, 0.15) is 74.5 Å². The molecule has 2 aliphatic heterocycles. The molecule has 0 saturated carbocycles. The number of hydrogen-bond acceptors (Lipinski definition) is 7. The Labute approximate surface area is 238 Å². The van der Waals surface area contributed by atoms with E-state index in [1.165, 1.54) is 4.90 Å². The lowest BCUT2D eigenvalue weighted by molar-refractivity contribution is -0.153. The summed E-state index contributed by atoms with van der Waals surface area (Å²) in [4.78, 5) is 34.2. The van der Waals surface area contributed by atoms with Crippen LogP contribution in [0.25, 0.3) is 0 Å². The fourth-order valence-electron chi connectivity index (χ4n) is 5.37. The SMILES string of the molecule is Cc1cc([C@H]2OC(=O)N(Cc3cc(C)cnc3N(CC(=O)OC(C)(C)C)C3CCOCC3)[C@H]2C)cc(C(F)(F)F)c1. The molecule has 224 valence electrons. The van der Waals surface area contributed by atoms with Crippen molar-refractivity contribution in [2.45, 2.75) is 90.9 Å². The van der Waals surface area contributed by atoms with Crippen molar-refractivity contribution >= 4 is 17.9 Å². The number of carbonyl (C=O) groups excluding carboxylic acids is 2. The van der Waals surface area contributed by atoms with Crippen molar-refractivity contribution in [1.29, 1.82) is 0 Å². The van der Waals surface area contributed by atoms with Crippen LogP contribution in [-0.4, -0.2) is 59.4 Å². The number of pyridine rings is 1. The van der Waals surface area contributed by atoms with Gasteiger partial charge in [-0.1, -0.05) is 11.6 Å². The number of amides is 1. The number of hydrogen-bond donors (Lipinski definition) is 0. The Morgan fingerprint density at radius 2 is 1.78 bits per heavy atom. The number of aryl methyl sites for hydroxylation is 2. The zero-order valence-corrected chi connectivity index (χ0v) is 24.4. The van der Waals surface area contributed by atoms with E-state index < -0.39 is 41.5 Å². The number of rotatable bonds is 7. The van der Waals surface area contributed by atoms with E-state index in [1.807, 2.05) is 38.7 Å². The number of anilines is 1. The van der Waals surface area contributed by atoms with Gasteiger partial charge in [0.2, 0.25) is 0 Å². The van der Waals surface area contributed by atoms with E-state index >= 15 is 0 Å². The van der Waals surface area contributed by atoms with Gasteiger partial charge in [0.05, 0.1) is 18.2 Å². The van der Waals surface area contributed by atoms with E-state index in [9.17, 15) is 22.8 Å². The highest BCUT2D eigenvalue weighted by atomic mass is 19.4. The minimum atomic E-state index is -4.52. The topological polar surface area (TPSA) is 81.2 Å². The maximum absolute atomic E-state index is 13.5. The predicted molar refractivity (Wildman–Crippen MR) is 146 cm³/mol. The quantitative estimate of drug-likeness (QED) is 0.367. The zero-order valence-electron chi connectivity index (χ0n) is 24.4. The van der Waals surface area contributed by atoms with Crippen LogP contribution in [0.3, 0.4) is 0 Å². The number of benzene rings is 1. The van der Waals surface area contributed by atoms with Crippen molar-refractivity contribution in [1.82, 2.24) is 9.88 Å². The van der Waals surface area contributed by atoms with Gasteiger partial charge < -0.3 is 19.1 Å². The Balaban J connectivity index is 1.64. The molecule has 2 saturated heterocycles. The molecule has 0 unspecified atom stereocenters. The summed E-state index contributed by atoms with van der Waals surface area (Å²) in [6.45, 7) is 11.8. The van der Waals surface area contributed by atoms with E-state index in [1.54, 1.807) is 26.1 Å². The largest absolute Gasteiger partial charge is 0.459 e. The second-order valence-electron chi connectivity index (χ2n) is 11.9. The second kappa shape index (κ2) is 11.9. The van der Waals surface area contributed by atoms with Gasteiger partial charge in [-0.3, -0.25) is 9.69 Å². The first kappa shape index (κ1) is 30.6. The minimum absolute atomic E-state index is 0.0306. The third kappa shape index (κ3) is 7.49. The van der Waals surface area contributed by atoms with Crippen LogP contribution in [0.5, 0.6) is 0 Å². The van der Waals surface area contributed by atoms with E-state index in [2.05, 4.69) is 0 Å². The normalized spacial score (nSPS) is 20.2. The van der Waals surface area contributed by atoms with Crippen LogP contribution in [0.4, 0.5) is 23.8 Å². The third-order valence-electron chi connectivity index (χ3n) is 7.19. The van der Waals surface area contributed by atoms with E-state index in [4.69, 9.17) is 19.2 Å². The van der Waals surface area contributed by atoms with Crippen LogP contribution in [0.2, 0.25) is 0 Å². The summed E-state index contributed by atoms with van der Waals surface area (Å²) in [5, 5.41) is 0. The van der Waals surface area contributed by atoms with Crippen molar-refractivity contribution in [2.24, 2.45) is 0 Å². The molecule has 11 heteroatoms. The fraction of sp³-hybridized carbons (Fsp3) is 0.567. The zero-order chi connectivity index (χ0) is 30.1. The molecule has 2 fully saturated rings. The molecule has 4 rings (SSSR count). The van der Waals surface area contributed by atoms with Crippen LogP contribution in [0, 0.1) is 13.8 Å². The molecule has 8 nitrogen and oxygen atoms in total. The van der Waals surface area contributed by atoms with Gasteiger partial charge in [0.1, 0.15) is 24.1 Å². The molecule has 2 atom stereocenters. The molecule has 1 aromatic heterocycles. The van der Waals surface area contributed by atoms with Gasteiger partial charge in [-0.2, -0.15) is 13.2 Å². The van der Waals surface area contributed by atoms with Gasteiger partial charge in [0.25, 0.3) is 0 Å². The average Bonchev–Trinajstić information content (AvgIpc) is 3.15. The molecule has 1 aromatic carbocycles. The molecule has 41 heavy (non-hydrogen) atoms. The lowest BCUT2D eigenvalue weighted by Crippen LogP contribution is -2.45. The highest BCUT2D eigenvalue weighted by Crippen LogP contribution is 2.38. The monoisotopic (exact) mass is 577 g/mol. The van der Waals surface area contributed by atoms with Gasteiger partial charge >= 0.3 is 18.2 Å². The summed E-state index contributed by atoms with van der Waals surface area (Å²) in [7, 11) is 0. The maximum atomic E-state index is 13.5. The first-order valence-electron chi connectivity index (χ1n) is 13.8. The molecular formula is C30H38F3N3O5. The summed E-state index contributed by atoms with van der Waals surface area (Å²) in [6, 6.07) is 5.04. The molecule has 0 radical (unpaired) electrons. The van der Waals surface area contributed by atoms with E-state index in [0.29, 0.717) is 43.0 Å². The van der Waals surface area contributed by atoms with Crippen LogP contribution in [0.15, 0.2) is 30.5 Å². The second-order valence-corrected chi connectivity index (χ2v) is 11.9. The summed E-state index contributed by atoms with van der Waals surface area (Å²) >= 11 is 0. The van der Waals surface area contributed by atoms with E-state index in [-0.39, 0.29) is 24.7 Å². The summed E-state index contributed by atoms with van der Waals surface area (Å²) in [6.07, 6.45) is -2.93. The van der Waals surface area contributed by atoms with Crippen LogP contribution < -0.4 is 4.90 Å². The molecule has 2 aliphatic rings. The molecule has 0 N–H and O–H groups in total. The Kier molecular flexibility index (Phi) is 8.87. The number of carbonyl (C=O) groups is 2. The van der Waals surface area contributed by atoms with Gasteiger partial charge in [-0.15, -0.1) is 0 Å². The third-order valence-corrected chi connectivity index (χ3v) is 7.19. The summed E-state index contributed by atoms with van der Waals surface area (Å²) < 4.78 is 57.3.